The second-order valence-corrected chi connectivity index (χ2v) is 10.0. The van der Waals surface area contributed by atoms with Gasteiger partial charge < -0.3 is 20.3 Å². The van der Waals surface area contributed by atoms with Gasteiger partial charge in [0.1, 0.15) is 0 Å². The number of thioether (sulfide) groups is 1. The molecule has 0 atom stereocenters. The lowest BCUT2D eigenvalue weighted by molar-refractivity contribution is -0.119. The largest absolute Gasteiger partial charge is 0.378 e. The minimum atomic E-state index is -0.164. The minimum absolute atomic E-state index is 0.0458. The molecule has 2 aromatic rings. The van der Waals surface area contributed by atoms with E-state index in [1.54, 1.807) is 0 Å². The number of amides is 2. The summed E-state index contributed by atoms with van der Waals surface area (Å²) in [7, 11) is 0. The highest BCUT2D eigenvalue weighted by Crippen LogP contribution is 2.25. The van der Waals surface area contributed by atoms with Crippen molar-refractivity contribution >= 4 is 35.0 Å². The normalized spacial score (nSPS) is 17.5. The topological polar surface area (TPSA) is 70.7 Å². The number of carbonyl (C=O) groups excluding carboxylic acids is 2. The van der Waals surface area contributed by atoms with Gasteiger partial charge in [0.05, 0.1) is 24.5 Å². The maximum absolute atomic E-state index is 13.0. The van der Waals surface area contributed by atoms with Crippen LogP contribution in [-0.4, -0.2) is 49.9 Å². The minimum Gasteiger partial charge on any atom is -0.378 e. The van der Waals surface area contributed by atoms with Crippen LogP contribution in [-0.2, 0) is 9.53 Å². The molecule has 2 aliphatic rings. The molecule has 34 heavy (non-hydrogen) atoms. The highest BCUT2D eigenvalue weighted by molar-refractivity contribution is 8.00. The van der Waals surface area contributed by atoms with Gasteiger partial charge >= 0.3 is 0 Å². The van der Waals surface area contributed by atoms with E-state index in [0.29, 0.717) is 11.3 Å². The molecular formula is C27H35N3O3S. The number of nitrogens with zero attached hydrogens (tertiary/aromatic N) is 1. The molecule has 2 amide bonds. The van der Waals surface area contributed by atoms with Crippen LogP contribution in [0.2, 0.25) is 0 Å². The molecule has 0 aromatic heterocycles. The summed E-state index contributed by atoms with van der Waals surface area (Å²) < 4.78 is 5.41. The fraction of sp³-hybridized carbons (Fsp3) is 0.481. The average Bonchev–Trinajstić information content (AvgIpc) is 2.85. The van der Waals surface area contributed by atoms with Gasteiger partial charge in [-0.2, -0.15) is 0 Å². The second-order valence-electron chi connectivity index (χ2n) is 8.99. The van der Waals surface area contributed by atoms with E-state index < -0.39 is 0 Å². The van der Waals surface area contributed by atoms with Crippen molar-refractivity contribution in [1.29, 1.82) is 0 Å². The van der Waals surface area contributed by atoms with Crippen molar-refractivity contribution in [3.8, 4) is 0 Å². The lowest BCUT2D eigenvalue weighted by Crippen LogP contribution is -2.36. The zero-order valence-corrected chi connectivity index (χ0v) is 20.6. The summed E-state index contributed by atoms with van der Waals surface area (Å²) in [5.41, 5.74) is 2.47. The van der Waals surface area contributed by atoms with Crippen LogP contribution in [0.1, 0.15) is 55.3 Å². The number of benzene rings is 2. The molecule has 4 rings (SSSR count). The molecule has 182 valence electrons. The third-order valence-corrected chi connectivity index (χ3v) is 7.54. The SMILES string of the molecule is O=C(CSc1ccccc1C(=O)Nc1ccc(N2CCOCC2)cc1)NC1CCCCCCC1. The van der Waals surface area contributed by atoms with E-state index in [0.717, 1.165) is 55.4 Å². The maximum atomic E-state index is 13.0. The molecule has 1 aliphatic carbocycles. The standard InChI is InChI=1S/C27H35N3O3S/c31-26(28-21-8-4-2-1-3-5-9-21)20-34-25-11-7-6-10-24(25)27(32)29-22-12-14-23(15-13-22)30-16-18-33-19-17-30/h6-7,10-15,21H,1-5,8-9,16-20H2,(H,28,31)(H,29,32). The van der Waals surface area contributed by atoms with E-state index in [9.17, 15) is 9.59 Å². The van der Waals surface area contributed by atoms with E-state index in [-0.39, 0.29) is 17.9 Å². The summed E-state index contributed by atoms with van der Waals surface area (Å²) in [5, 5.41) is 6.20. The molecule has 0 spiro atoms. The van der Waals surface area contributed by atoms with Crippen LogP contribution in [0.4, 0.5) is 11.4 Å². The van der Waals surface area contributed by atoms with Gasteiger partial charge in [-0.1, -0.05) is 44.2 Å². The van der Waals surface area contributed by atoms with Gasteiger partial charge in [-0.3, -0.25) is 9.59 Å². The van der Waals surface area contributed by atoms with Crippen LogP contribution in [0.5, 0.6) is 0 Å². The van der Waals surface area contributed by atoms with Gasteiger partial charge in [0.2, 0.25) is 5.91 Å². The van der Waals surface area contributed by atoms with E-state index in [4.69, 9.17) is 4.74 Å². The van der Waals surface area contributed by atoms with Gasteiger partial charge in [-0.25, -0.2) is 0 Å². The Hall–Kier alpha value is -2.51. The van der Waals surface area contributed by atoms with E-state index in [1.807, 2.05) is 48.5 Å². The van der Waals surface area contributed by atoms with Crippen molar-refractivity contribution in [1.82, 2.24) is 5.32 Å². The third kappa shape index (κ3) is 7.24. The van der Waals surface area contributed by atoms with Crippen molar-refractivity contribution in [3.05, 3.63) is 54.1 Å². The highest BCUT2D eigenvalue weighted by atomic mass is 32.2. The Morgan fingerprint density at radius 2 is 1.59 bits per heavy atom. The first-order valence-corrected chi connectivity index (χ1v) is 13.4. The Morgan fingerprint density at radius 3 is 2.32 bits per heavy atom. The number of morpholine rings is 1. The van der Waals surface area contributed by atoms with Crippen LogP contribution < -0.4 is 15.5 Å². The molecule has 2 N–H and O–H groups in total. The number of nitrogens with one attached hydrogen (secondary N) is 2. The van der Waals surface area contributed by atoms with Gasteiger partial charge in [0, 0.05) is 35.4 Å². The summed E-state index contributed by atoms with van der Waals surface area (Å²) in [5.74, 6) is 0.196. The molecule has 0 bridgehead atoms. The van der Waals surface area contributed by atoms with Crippen molar-refractivity contribution < 1.29 is 14.3 Å². The Labute approximate surface area is 206 Å². The quantitative estimate of drug-likeness (QED) is 0.539. The molecule has 2 fully saturated rings. The Kier molecular flexibility index (Phi) is 9.27. The van der Waals surface area contributed by atoms with Gasteiger partial charge in [-0.05, 0) is 49.2 Å². The summed E-state index contributed by atoms with van der Waals surface area (Å²) >= 11 is 1.42. The van der Waals surface area contributed by atoms with E-state index in [2.05, 4.69) is 15.5 Å². The zero-order chi connectivity index (χ0) is 23.6. The smallest absolute Gasteiger partial charge is 0.256 e. The third-order valence-electron chi connectivity index (χ3n) is 6.46. The molecule has 1 saturated heterocycles. The molecule has 6 nitrogen and oxygen atoms in total. The number of anilines is 2. The summed E-state index contributed by atoms with van der Waals surface area (Å²) in [6, 6.07) is 15.7. The lowest BCUT2D eigenvalue weighted by atomic mass is 9.97. The first-order chi connectivity index (χ1) is 16.7. The van der Waals surface area contributed by atoms with Crippen LogP contribution in [0.25, 0.3) is 0 Å². The highest BCUT2D eigenvalue weighted by Gasteiger charge is 2.17. The Balaban J connectivity index is 1.31. The number of hydrogen-bond acceptors (Lipinski definition) is 5. The Morgan fingerprint density at radius 1 is 0.912 bits per heavy atom. The average molecular weight is 482 g/mol. The lowest BCUT2D eigenvalue weighted by Gasteiger charge is -2.28. The fourth-order valence-corrected chi connectivity index (χ4v) is 5.43. The predicted octanol–water partition coefficient (Wildman–Crippen LogP) is 5.10. The monoisotopic (exact) mass is 481 g/mol. The molecule has 0 unspecified atom stereocenters. The number of hydrogen-bond donors (Lipinski definition) is 2. The van der Waals surface area contributed by atoms with E-state index >= 15 is 0 Å². The molecule has 1 saturated carbocycles. The molecule has 7 heteroatoms. The molecule has 0 radical (unpaired) electrons. The first kappa shape index (κ1) is 24.6. The summed E-state index contributed by atoms with van der Waals surface area (Å²) in [6.07, 6.45) is 8.36. The Bertz CT molecular complexity index is 936. The van der Waals surface area contributed by atoms with Crippen molar-refractivity contribution in [3.63, 3.8) is 0 Å². The van der Waals surface area contributed by atoms with Gasteiger partial charge in [0.25, 0.3) is 5.91 Å². The zero-order valence-electron chi connectivity index (χ0n) is 19.8. The predicted molar refractivity (Wildman–Crippen MR) is 139 cm³/mol. The van der Waals surface area contributed by atoms with Crippen LogP contribution in [0, 0.1) is 0 Å². The van der Waals surface area contributed by atoms with Crippen LogP contribution in [0.3, 0.4) is 0 Å². The fourth-order valence-electron chi connectivity index (χ4n) is 4.57. The van der Waals surface area contributed by atoms with Crippen molar-refractivity contribution in [2.24, 2.45) is 0 Å². The van der Waals surface area contributed by atoms with Crippen LogP contribution >= 0.6 is 11.8 Å². The second kappa shape index (κ2) is 12.8. The van der Waals surface area contributed by atoms with Crippen molar-refractivity contribution in [2.75, 3.05) is 42.3 Å². The number of carbonyl (C=O) groups is 2. The summed E-state index contributed by atoms with van der Waals surface area (Å²) in [4.78, 5) is 28.7. The first-order valence-electron chi connectivity index (χ1n) is 12.4. The molecule has 1 heterocycles. The van der Waals surface area contributed by atoms with Crippen LogP contribution in [0.15, 0.2) is 53.4 Å². The van der Waals surface area contributed by atoms with E-state index in [1.165, 1.54) is 43.9 Å². The number of rotatable bonds is 7. The number of ether oxygens (including phenoxy) is 1. The molecular weight excluding hydrogens is 446 g/mol. The summed E-state index contributed by atoms with van der Waals surface area (Å²) in [6.45, 7) is 3.24. The van der Waals surface area contributed by atoms with Gasteiger partial charge in [0.15, 0.2) is 0 Å². The van der Waals surface area contributed by atoms with Gasteiger partial charge in [-0.15, -0.1) is 11.8 Å². The molecule has 2 aromatic carbocycles. The molecule has 1 aliphatic heterocycles. The maximum Gasteiger partial charge on any atom is 0.256 e. The van der Waals surface area contributed by atoms with Crippen molar-refractivity contribution in [2.45, 2.75) is 55.9 Å².